The van der Waals surface area contributed by atoms with E-state index in [0.717, 1.165) is 18.4 Å². The van der Waals surface area contributed by atoms with Crippen molar-refractivity contribution in [3.63, 3.8) is 0 Å². The molecule has 6 heteroatoms. The van der Waals surface area contributed by atoms with Crippen LogP contribution in [0.25, 0.3) is 0 Å². The van der Waals surface area contributed by atoms with Gasteiger partial charge < -0.3 is 9.84 Å². The first-order chi connectivity index (χ1) is 9.35. The molecule has 1 saturated carbocycles. The predicted octanol–water partition coefficient (Wildman–Crippen LogP) is 3.94. The lowest BCUT2D eigenvalue weighted by Gasteiger charge is -2.26. The maximum absolute atomic E-state index is 12.0. The summed E-state index contributed by atoms with van der Waals surface area (Å²) in [5.41, 5.74) is 0.934. The van der Waals surface area contributed by atoms with E-state index in [-0.39, 0.29) is 17.6 Å². The highest BCUT2D eigenvalue weighted by molar-refractivity contribution is 5.70. The normalized spacial score (nSPS) is 23.4. The quantitative estimate of drug-likeness (QED) is 0.916. The maximum Gasteiger partial charge on any atom is 0.573 e. The molecule has 0 radical (unpaired) electrons. The van der Waals surface area contributed by atoms with Crippen molar-refractivity contribution in [2.45, 2.75) is 38.0 Å². The summed E-state index contributed by atoms with van der Waals surface area (Å²) in [5, 5.41) is 8.92. The van der Waals surface area contributed by atoms with Gasteiger partial charge in [-0.3, -0.25) is 4.79 Å². The van der Waals surface area contributed by atoms with Gasteiger partial charge in [0.15, 0.2) is 0 Å². The van der Waals surface area contributed by atoms with Gasteiger partial charge >= 0.3 is 12.3 Å². The second-order valence-electron chi connectivity index (χ2n) is 5.00. The third-order valence-electron chi connectivity index (χ3n) is 3.66. The summed E-state index contributed by atoms with van der Waals surface area (Å²) in [6, 6.07) is 5.83. The fourth-order valence-electron chi connectivity index (χ4n) is 2.62. The molecule has 1 aliphatic rings. The average molecular weight is 288 g/mol. The molecule has 1 N–H and O–H groups in total. The standard InChI is InChI=1S/C14H15F3O3/c15-14(16,17)20-12-7-5-10(6-8-12)9-1-3-11(4-2-9)13(18)19/h5-9,11H,1-4H2,(H,18,19). The number of hydrogen-bond donors (Lipinski definition) is 1. The Hall–Kier alpha value is -1.72. The van der Waals surface area contributed by atoms with Crippen LogP contribution >= 0.6 is 0 Å². The van der Waals surface area contributed by atoms with Gasteiger partial charge in [0.1, 0.15) is 5.75 Å². The van der Waals surface area contributed by atoms with E-state index >= 15 is 0 Å². The fraction of sp³-hybridized carbons (Fsp3) is 0.500. The number of benzene rings is 1. The van der Waals surface area contributed by atoms with E-state index in [2.05, 4.69) is 4.74 Å². The zero-order valence-electron chi connectivity index (χ0n) is 10.7. The molecule has 1 fully saturated rings. The number of alkyl halides is 3. The van der Waals surface area contributed by atoms with E-state index in [1.807, 2.05) is 0 Å². The summed E-state index contributed by atoms with van der Waals surface area (Å²) in [6.07, 6.45) is -1.96. The van der Waals surface area contributed by atoms with Gasteiger partial charge in [0.25, 0.3) is 0 Å². The van der Waals surface area contributed by atoms with Gasteiger partial charge in [0.05, 0.1) is 5.92 Å². The van der Waals surface area contributed by atoms with E-state index in [9.17, 15) is 18.0 Å². The molecule has 110 valence electrons. The van der Waals surface area contributed by atoms with Crippen LogP contribution in [0.1, 0.15) is 37.2 Å². The lowest BCUT2D eigenvalue weighted by Crippen LogP contribution is -2.20. The molecule has 0 aromatic heterocycles. The first-order valence-electron chi connectivity index (χ1n) is 6.43. The maximum atomic E-state index is 12.0. The lowest BCUT2D eigenvalue weighted by molar-refractivity contribution is -0.274. The van der Waals surface area contributed by atoms with Crippen molar-refractivity contribution in [2.75, 3.05) is 0 Å². The Morgan fingerprint density at radius 2 is 1.65 bits per heavy atom. The molecule has 0 amide bonds. The topological polar surface area (TPSA) is 46.5 Å². The molecule has 0 spiro atoms. The number of halogens is 3. The Morgan fingerprint density at radius 1 is 1.10 bits per heavy atom. The van der Waals surface area contributed by atoms with Gasteiger partial charge in [-0.05, 0) is 49.3 Å². The van der Waals surface area contributed by atoms with Crippen LogP contribution in [0.5, 0.6) is 5.75 Å². The van der Waals surface area contributed by atoms with Gasteiger partial charge in [-0.1, -0.05) is 12.1 Å². The molecular formula is C14H15F3O3. The van der Waals surface area contributed by atoms with E-state index in [4.69, 9.17) is 5.11 Å². The number of carboxylic acid groups (broad SMARTS) is 1. The minimum atomic E-state index is -4.68. The summed E-state index contributed by atoms with van der Waals surface area (Å²) >= 11 is 0. The van der Waals surface area contributed by atoms with Crippen molar-refractivity contribution in [2.24, 2.45) is 5.92 Å². The molecule has 20 heavy (non-hydrogen) atoms. The minimum Gasteiger partial charge on any atom is -0.481 e. The molecular weight excluding hydrogens is 273 g/mol. The van der Waals surface area contributed by atoms with Gasteiger partial charge in [0, 0.05) is 0 Å². The van der Waals surface area contributed by atoms with Crippen molar-refractivity contribution < 1.29 is 27.8 Å². The molecule has 1 aromatic rings. The van der Waals surface area contributed by atoms with Gasteiger partial charge in [-0.15, -0.1) is 13.2 Å². The Kier molecular flexibility index (Phi) is 4.20. The summed E-state index contributed by atoms with van der Waals surface area (Å²) in [7, 11) is 0. The van der Waals surface area contributed by atoms with Crippen LogP contribution in [0.4, 0.5) is 13.2 Å². The van der Waals surface area contributed by atoms with E-state index < -0.39 is 12.3 Å². The van der Waals surface area contributed by atoms with Crippen molar-refractivity contribution in [1.82, 2.24) is 0 Å². The Labute approximate surface area is 114 Å². The first-order valence-corrected chi connectivity index (χ1v) is 6.43. The molecule has 3 nitrogen and oxygen atoms in total. The van der Waals surface area contributed by atoms with Crippen LogP contribution in [0, 0.1) is 5.92 Å². The highest BCUT2D eigenvalue weighted by atomic mass is 19.4. The van der Waals surface area contributed by atoms with Gasteiger partial charge in [0.2, 0.25) is 0 Å². The second-order valence-corrected chi connectivity index (χ2v) is 5.00. The zero-order chi connectivity index (χ0) is 14.8. The van der Waals surface area contributed by atoms with Crippen molar-refractivity contribution >= 4 is 5.97 Å². The average Bonchev–Trinajstić information content (AvgIpc) is 2.38. The third-order valence-corrected chi connectivity index (χ3v) is 3.66. The smallest absolute Gasteiger partial charge is 0.481 e. The zero-order valence-corrected chi connectivity index (χ0v) is 10.7. The van der Waals surface area contributed by atoms with Crippen LogP contribution in [-0.4, -0.2) is 17.4 Å². The molecule has 0 atom stereocenters. The SMILES string of the molecule is O=C(O)C1CCC(c2ccc(OC(F)(F)F)cc2)CC1. The minimum absolute atomic E-state index is 0.213. The molecule has 0 heterocycles. The van der Waals surface area contributed by atoms with Gasteiger partial charge in [-0.2, -0.15) is 0 Å². The molecule has 0 bridgehead atoms. The second kappa shape index (κ2) is 5.73. The summed E-state index contributed by atoms with van der Waals surface area (Å²) in [4.78, 5) is 10.9. The van der Waals surface area contributed by atoms with Crippen molar-refractivity contribution in [1.29, 1.82) is 0 Å². The number of hydrogen-bond acceptors (Lipinski definition) is 2. The summed E-state index contributed by atoms with van der Waals surface area (Å²) in [5.74, 6) is -1.08. The van der Waals surface area contributed by atoms with Crippen molar-refractivity contribution in [3.05, 3.63) is 29.8 Å². The first kappa shape index (κ1) is 14.7. The monoisotopic (exact) mass is 288 g/mol. The van der Waals surface area contributed by atoms with Crippen LogP contribution in [0.2, 0.25) is 0 Å². The lowest BCUT2D eigenvalue weighted by atomic mass is 9.79. The Morgan fingerprint density at radius 3 is 2.10 bits per heavy atom. The van der Waals surface area contributed by atoms with Crippen LogP contribution in [-0.2, 0) is 4.79 Å². The van der Waals surface area contributed by atoms with E-state index in [0.29, 0.717) is 12.8 Å². The van der Waals surface area contributed by atoms with Crippen LogP contribution < -0.4 is 4.74 Å². The molecule has 0 saturated heterocycles. The number of carboxylic acids is 1. The fourth-order valence-corrected chi connectivity index (χ4v) is 2.62. The van der Waals surface area contributed by atoms with Crippen molar-refractivity contribution in [3.8, 4) is 5.75 Å². The highest BCUT2D eigenvalue weighted by Gasteiger charge is 2.31. The van der Waals surface area contributed by atoms with Crippen LogP contribution in [0.3, 0.4) is 0 Å². The molecule has 2 rings (SSSR count). The predicted molar refractivity (Wildman–Crippen MR) is 65.5 cm³/mol. The largest absolute Gasteiger partial charge is 0.573 e. The molecule has 0 unspecified atom stereocenters. The number of carbonyl (C=O) groups is 1. The molecule has 1 aromatic carbocycles. The Bertz CT molecular complexity index is 460. The third kappa shape index (κ3) is 3.88. The molecule has 1 aliphatic carbocycles. The van der Waals surface area contributed by atoms with Crippen LogP contribution in [0.15, 0.2) is 24.3 Å². The summed E-state index contributed by atoms with van der Waals surface area (Å²) in [6.45, 7) is 0. The number of aliphatic carboxylic acids is 1. The summed E-state index contributed by atoms with van der Waals surface area (Å²) < 4.78 is 39.9. The molecule has 0 aliphatic heterocycles. The Balaban J connectivity index is 1.96. The van der Waals surface area contributed by atoms with Gasteiger partial charge in [-0.25, -0.2) is 0 Å². The highest BCUT2D eigenvalue weighted by Crippen LogP contribution is 2.36. The van der Waals surface area contributed by atoms with E-state index in [1.54, 1.807) is 12.1 Å². The van der Waals surface area contributed by atoms with E-state index in [1.165, 1.54) is 12.1 Å². The number of rotatable bonds is 3. The number of ether oxygens (including phenoxy) is 1.